The summed E-state index contributed by atoms with van der Waals surface area (Å²) < 4.78 is 0. The Kier molecular flexibility index (Phi) is 6.96. The Hall–Kier alpha value is -8.77. The second-order valence-electron chi connectivity index (χ2n) is 19.1. The monoisotopic (exact) mass is 858 g/mol. The van der Waals surface area contributed by atoms with Crippen LogP contribution in [0.1, 0.15) is 44.5 Å². The highest BCUT2D eigenvalue weighted by Crippen LogP contribution is 2.83. The van der Waals surface area contributed by atoms with Gasteiger partial charge in [-0.1, -0.05) is 194 Å². The predicted molar refractivity (Wildman–Crippen MR) is 276 cm³/mol. The van der Waals surface area contributed by atoms with E-state index in [9.17, 15) is 5.26 Å². The molecular weight excluding hydrogens is 821 g/mol. The molecule has 1 spiro atoms. The predicted octanol–water partition coefficient (Wildman–Crippen LogP) is 13.6. The lowest BCUT2D eigenvalue weighted by Gasteiger charge is -2.60. The number of benzene rings is 8. The minimum absolute atomic E-state index is 0.131. The summed E-state index contributed by atoms with van der Waals surface area (Å²) in [6.45, 7) is 0. The van der Waals surface area contributed by atoms with Crippen LogP contribution in [0, 0.1) is 28.6 Å². The number of hydrogen-bond donors (Lipinski definition) is 0. The zero-order chi connectivity index (χ0) is 44.4. The average Bonchev–Trinajstić information content (AvgIpc) is 4.16. The van der Waals surface area contributed by atoms with E-state index >= 15 is 0 Å². The largest absolute Gasteiger partial charge is 0.310 e. The highest BCUT2D eigenvalue weighted by Gasteiger charge is 2.71. The summed E-state index contributed by atoms with van der Waals surface area (Å²) in [6, 6.07) is 84.0. The molecule has 8 aromatic rings. The molecule has 3 atom stereocenters. The molecule has 8 aromatic carbocycles. The molecule has 0 heterocycles. The summed E-state index contributed by atoms with van der Waals surface area (Å²) in [5, 5.41) is 14.6. The van der Waals surface area contributed by atoms with Crippen LogP contribution in [0.4, 0.5) is 11.4 Å². The number of nitriles is 1. The molecule has 0 saturated heterocycles. The first kappa shape index (κ1) is 36.4. The fourth-order valence-corrected chi connectivity index (χ4v) is 14.4. The van der Waals surface area contributed by atoms with Crippen molar-refractivity contribution in [3.8, 4) is 6.07 Å². The summed E-state index contributed by atoms with van der Waals surface area (Å²) >= 11 is 0. The van der Waals surface area contributed by atoms with E-state index in [-0.39, 0.29) is 11.8 Å². The maximum atomic E-state index is 12.0. The van der Waals surface area contributed by atoms with Gasteiger partial charge in [-0.25, -0.2) is 0 Å². The second-order valence-corrected chi connectivity index (χ2v) is 19.1. The normalized spacial score (nSPS) is 21.2. The quantitative estimate of drug-likeness (QED) is 0.172. The first-order valence-electron chi connectivity index (χ1n) is 23.8. The van der Waals surface area contributed by atoms with Crippen LogP contribution in [0.15, 0.2) is 241 Å². The third-order valence-corrected chi connectivity index (χ3v) is 16.4. The topological polar surface area (TPSA) is 27.0 Å². The van der Waals surface area contributed by atoms with E-state index in [0.717, 1.165) is 28.1 Å². The molecule has 3 unspecified atom stereocenters. The molecular formula is C66H38N2. The maximum absolute atomic E-state index is 12.0. The van der Waals surface area contributed by atoms with E-state index in [2.05, 4.69) is 229 Å². The van der Waals surface area contributed by atoms with Crippen LogP contribution >= 0.6 is 0 Å². The first-order chi connectivity index (χ1) is 33.8. The van der Waals surface area contributed by atoms with E-state index in [1.807, 2.05) is 0 Å². The molecule has 0 N–H and O–H groups in total. The second kappa shape index (κ2) is 13.0. The molecule has 16 rings (SSSR count). The van der Waals surface area contributed by atoms with Crippen LogP contribution in [-0.2, 0) is 0 Å². The Morgan fingerprint density at radius 3 is 1.32 bits per heavy atom. The number of fused-ring (bicyclic) bond motifs is 10. The van der Waals surface area contributed by atoms with Gasteiger partial charge >= 0.3 is 0 Å². The fourth-order valence-electron chi connectivity index (χ4n) is 14.4. The van der Waals surface area contributed by atoms with E-state index in [1.165, 1.54) is 116 Å². The number of para-hydroxylation sites is 2. The van der Waals surface area contributed by atoms with E-state index < -0.39 is 5.41 Å². The Morgan fingerprint density at radius 2 is 0.750 bits per heavy atom. The van der Waals surface area contributed by atoms with Crippen molar-refractivity contribution in [1.82, 2.24) is 0 Å². The summed E-state index contributed by atoms with van der Waals surface area (Å²) in [4.78, 5) is 2.58. The highest BCUT2D eigenvalue weighted by atomic mass is 15.2. The van der Waals surface area contributed by atoms with Gasteiger partial charge in [-0.3, -0.25) is 0 Å². The Morgan fingerprint density at radius 1 is 0.338 bits per heavy atom. The maximum Gasteiger partial charge on any atom is 0.100 e. The molecule has 0 aliphatic heterocycles. The van der Waals surface area contributed by atoms with Crippen LogP contribution < -0.4 is 15.3 Å². The molecule has 312 valence electrons. The highest BCUT2D eigenvalue weighted by molar-refractivity contribution is 6.36. The van der Waals surface area contributed by atoms with Gasteiger partial charge in [-0.2, -0.15) is 5.26 Å². The van der Waals surface area contributed by atoms with Crippen LogP contribution in [0.3, 0.4) is 0 Å². The van der Waals surface area contributed by atoms with Gasteiger partial charge in [0.2, 0.25) is 0 Å². The summed E-state index contributed by atoms with van der Waals surface area (Å²) in [5.74, 6) is -0.297. The molecule has 68 heavy (non-hydrogen) atoms. The zero-order valence-corrected chi connectivity index (χ0v) is 36.8. The molecule has 0 fully saturated rings. The minimum Gasteiger partial charge on any atom is -0.310 e. The van der Waals surface area contributed by atoms with Crippen molar-refractivity contribution in [3.05, 3.63) is 296 Å². The minimum atomic E-state index is -0.653. The van der Waals surface area contributed by atoms with Gasteiger partial charge in [-0.15, -0.1) is 0 Å². The lowest BCUT2D eigenvalue weighted by molar-refractivity contribution is 0.348. The van der Waals surface area contributed by atoms with Gasteiger partial charge < -0.3 is 4.90 Å². The molecule has 0 aromatic heterocycles. The molecule has 0 amide bonds. The van der Waals surface area contributed by atoms with Gasteiger partial charge in [0.1, 0.15) is 6.07 Å². The van der Waals surface area contributed by atoms with E-state index in [0.29, 0.717) is 0 Å². The van der Waals surface area contributed by atoms with Crippen molar-refractivity contribution >= 4 is 67.1 Å². The van der Waals surface area contributed by atoms with E-state index in [1.54, 1.807) is 0 Å². The van der Waals surface area contributed by atoms with Crippen molar-refractivity contribution in [2.75, 3.05) is 4.90 Å². The molecule has 0 saturated carbocycles. The van der Waals surface area contributed by atoms with Gasteiger partial charge in [0, 0.05) is 39.8 Å². The smallest absolute Gasteiger partial charge is 0.100 e. The number of anilines is 2. The molecule has 2 nitrogen and oxygen atoms in total. The van der Waals surface area contributed by atoms with Crippen molar-refractivity contribution in [2.24, 2.45) is 17.3 Å². The van der Waals surface area contributed by atoms with E-state index in [4.69, 9.17) is 0 Å². The summed E-state index contributed by atoms with van der Waals surface area (Å²) in [7, 11) is 0. The number of rotatable bonds is 5. The standard InChI is InChI=1S/C66H38N2/c67-37-50-53-42-29-13-15-31-44(42)55-51(38-21-5-1-6-22-38)57-46-33-17-19-35-48(46)59-63(57)66(61(53)55)62-54(50)43-30-14-16-32-45(43)56(62)52(39-23-7-2-8-24-39)58-47-34-18-20-36-49(47)60(64(58)66)65(59)68(40-25-9-3-10-26-40)41-27-11-4-12-28-41/h1-36,61,64H. The SMILES string of the molecule is N#CC1=C2c3ccccc3C3=C(c4ccccc4)C4=C5C(=C(N(c6ccccc6)c6ccccc6)C6=c7ccccc7=C7C(c8ccccc8)=C8C(=C1c1ccccc18)C5(C23)C76)c1ccccc14. The van der Waals surface area contributed by atoms with Gasteiger partial charge in [-0.05, 0) is 135 Å². The van der Waals surface area contributed by atoms with Crippen LogP contribution in [0.5, 0.6) is 0 Å². The summed E-state index contributed by atoms with van der Waals surface area (Å²) in [6.07, 6.45) is 0. The van der Waals surface area contributed by atoms with Gasteiger partial charge in [0.25, 0.3) is 0 Å². The number of hydrogen-bond acceptors (Lipinski definition) is 2. The zero-order valence-electron chi connectivity index (χ0n) is 36.8. The Balaban J connectivity index is 1.23. The van der Waals surface area contributed by atoms with Crippen LogP contribution in [0.2, 0.25) is 0 Å². The van der Waals surface area contributed by atoms with Crippen LogP contribution in [-0.4, -0.2) is 0 Å². The van der Waals surface area contributed by atoms with Crippen molar-refractivity contribution in [2.45, 2.75) is 0 Å². The third-order valence-electron chi connectivity index (χ3n) is 16.4. The molecule has 8 aliphatic rings. The molecule has 0 bridgehead atoms. The van der Waals surface area contributed by atoms with Crippen molar-refractivity contribution in [1.29, 1.82) is 5.26 Å². The molecule has 0 radical (unpaired) electrons. The van der Waals surface area contributed by atoms with Crippen molar-refractivity contribution < 1.29 is 0 Å². The Bertz CT molecular complexity index is 4020. The van der Waals surface area contributed by atoms with Crippen LogP contribution in [0.25, 0.3) is 55.7 Å². The third kappa shape index (κ3) is 4.13. The van der Waals surface area contributed by atoms with Crippen molar-refractivity contribution in [3.63, 3.8) is 0 Å². The Labute approximate surface area is 394 Å². The fraction of sp³-hybridized carbons (Fsp3) is 0.0455. The van der Waals surface area contributed by atoms with Gasteiger partial charge in [0.15, 0.2) is 0 Å². The number of allylic oxidation sites excluding steroid dienone is 12. The first-order valence-corrected chi connectivity index (χ1v) is 23.8. The lowest BCUT2D eigenvalue weighted by Crippen LogP contribution is -2.51. The lowest BCUT2D eigenvalue weighted by atomic mass is 9.42. The molecule has 8 aliphatic carbocycles. The summed E-state index contributed by atoms with van der Waals surface area (Å²) in [5.41, 5.74) is 28.9. The van der Waals surface area contributed by atoms with Gasteiger partial charge in [0.05, 0.1) is 11.3 Å². The average molecular weight is 859 g/mol. The number of nitrogens with zero attached hydrogens (tertiary/aromatic N) is 2. The molecule has 2 heteroatoms.